The fraction of sp³-hybridized carbons (Fsp3) is 0.412. The third kappa shape index (κ3) is 6.86. The Hall–Kier alpha value is -2.50. The number of rotatable bonds is 8. The fourth-order valence-corrected chi connectivity index (χ4v) is 1.86. The molecule has 0 saturated heterocycles. The maximum atomic E-state index is 11.6. The van der Waals surface area contributed by atoms with Gasteiger partial charge in [-0.25, -0.2) is 4.99 Å². The van der Waals surface area contributed by atoms with Crippen molar-refractivity contribution in [3.8, 4) is 5.75 Å². The summed E-state index contributed by atoms with van der Waals surface area (Å²) in [6.45, 7) is 5.04. The molecule has 0 unspecified atom stereocenters. The largest absolute Gasteiger partial charge is 0.496 e. The van der Waals surface area contributed by atoms with Gasteiger partial charge in [0.25, 0.3) is 0 Å². The lowest BCUT2D eigenvalue weighted by atomic mass is 10.1. The molecule has 0 saturated carbocycles. The summed E-state index contributed by atoms with van der Waals surface area (Å²) < 4.78 is 5.34. The average molecular weight is 318 g/mol. The van der Waals surface area contributed by atoms with Gasteiger partial charge in [-0.1, -0.05) is 24.3 Å². The van der Waals surface area contributed by atoms with Crippen molar-refractivity contribution in [3.63, 3.8) is 0 Å². The minimum Gasteiger partial charge on any atom is -0.496 e. The minimum atomic E-state index is -0.0468. The van der Waals surface area contributed by atoms with E-state index in [1.807, 2.05) is 24.3 Å². The van der Waals surface area contributed by atoms with Crippen LogP contribution in [0.1, 0.15) is 5.56 Å². The van der Waals surface area contributed by atoms with Crippen molar-refractivity contribution in [1.82, 2.24) is 15.5 Å². The van der Waals surface area contributed by atoms with E-state index in [2.05, 4.69) is 22.2 Å². The molecule has 0 fully saturated rings. The molecule has 23 heavy (non-hydrogen) atoms. The smallest absolute Gasteiger partial charge is 0.243 e. The number of carbonyl (C=O) groups is 1. The number of likely N-dealkylation sites (N-methyl/N-ethyl adjacent to an activating group) is 1. The second kappa shape index (κ2) is 10.3. The predicted octanol–water partition coefficient (Wildman–Crippen LogP) is 1.05. The first kappa shape index (κ1) is 18.5. The lowest BCUT2D eigenvalue weighted by molar-refractivity contribution is -0.127. The van der Waals surface area contributed by atoms with Crippen molar-refractivity contribution in [2.24, 2.45) is 4.99 Å². The van der Waals surface area contributed by atoms with E-state index in [0.29, 0.717) is 19.0 Å². The zero-order chi connectivity index (χ0) is 17.1. The highest BCUT2D eigenvalue weighted by molar-refractivity contribution is 5.84. The fourth-order valence-electron chi connectivity index (χ4n) is 1.86. The second-order valence-electron chi connectivity index (χ2n) is 5.11. The number of benzene rings is 1. The Kier molecular flexibility index (Phi) is 8.28. The number of methoxy groups -OCH3 is 1. The average Bonchev–Trinajstić information content (AvgIpc) is 2.56. The molecule has 0 atom stereocenters. The second-order valence-corrected chi connectivity index (χ2v) is 5.11. The molecule has 0 aliphatic carbocycles. The number of guanidine groups is 1. The maximum Gasteiger partial charge on any atom is 0.243 e. The normalized spacial score (nSPS) is 10.8. The molecule has 126 valence electrons. The monoisotopic (exact) mass is 318 g/mol. The Morgan fingerprint density at radius 3 is 2.74 bits per heavy atom. The van der Waals surface area contributed by atoms with E-state index in [1.165, 1.54) is 4.90 Å². The van der Waals surface area contributed by atoms with Crippen LogP contribution in [0.3, 0.4) is 0 Å². The molecule has 0 bridgehead atoms. The third-order valence-corrected chi connectivity index (χ3v) is 3.16. The number of nitrogens with zero attached hydrogens (tertiary/aromatic N) is 2. The van der Waals surface area contributed by atoms with E-state index in [4.69, 9.17) is 4.74 Å². The molecule has 2 N–H and O–H groups in total. The van der Waals surface area contributed by atoms with Crippen molar-refractivity contribution < 1.29 is 9.53 Å². The molecule has 0 aromatic heterocycles. The van der Waals surface area contributed by atoms with E-state index >= 15 is 0 Å². The van der Waals surface area contributed by atoms with Crippen molar-refractivity contribution in [1.29, 1.82) is 0 Å². The Morgan fingerprint density at radius 2 is 2.09 bits per heavy atom. The first-order valence-corrected chi connectivity index (χ1v) is 7.53. The van der Waals surface area contributed by atoms with Crippen LogP contribution in [0.25, 0.3) is 0 Å². The molecule has 1 amide bonds. The number of para-hydroxylation sites is 1. The van der Waals surface area contributed by atoms with Crippen molar-refractivity contribution in [3.05, 3.63) is 42.5 Å². The zero-order valence-electron chi connectivity index (χ0n) is 14.1. The third-order valence-electron chi connectivity index (χ3n) is 3.16. The molecule has 0 radical (unpaired) electrons. The number of amides is 1. The summed E-state index contributed by atoms with van der Waals surface area (Å²) >= 11 is 0. The van der Waals surface area contributed by atoms with Gasteiger partial charge in [0.1, 0.15) is 12.3 Å². The quantitative estimate of drug-likeness (QED) is 0.427. The summed E-state index contributed by atoms with van der Waals surface area (Å²) in [4.78, 5) is 17.4. The SMILES string of the molecule is C=CCNC(=NCC(=O)N(C)C)NCCc1ccccc1OC. The summed E-state index contributed by atoms with van der Waals surface area (Å²) in [5, 5.41) is 6.31. The predicted molar refractivity (Wildman–Crippen MR) is 93.9 cm³/mol. The van der Waals surface area contributed by atoms with Gasteiger partial charge in [-0.05, 0) is 18.1 Å². The minimum absolute atomic E-state index is 0.0468. The molecule has 0 aliphatic heterocycles. The molecular weight excluding hydrogens is 292 g/mol. The number of hydrogen-bond acceptors (Lipinski definition) is 3. The zero-order valence-corrected chi connectivity index (χ0v) is 14.1. The van der Waals surface area contributed by atoms with E-state index in [1.54, 1.807) is 27.3 Å². The van der Waals surface area contributed by atoms with Gasteiger partial charge < -0.3 is 20.3 Å². The molecule has 1 aromatic rings. The van der Waals surface area contributed by atoms with Crippen molar-refractivity contribution in [2.45, 2.75) is 6.42 Å². The first-order valence-electron chi connectivity index (χ1n) is 7.53. The Labute approximate surface area is 138 Å². The number of ether oxygens (including phenoxy) is 1. The van der Waals surface area contributed by atoms with Crippen LogP contribution in [0, 0.1) is 0 Å². The van der Waals surface area contributed by atoms with Gasteiger partial charge in [0, 0.05) is 27.2 Å². The highest BCUT2D eigenvalue weighted by atomic mass is 16.5. The lowest BCUT2D eigenvalue weighted by Crippen LogP contribution is -2.39. The molecule has 0 heterocycles. The molecule has 6 heteroatoms. The Balaban J connectivity index is 2.58. The van der Waals surface area contributed by atoms with Crippen LogP contribution in [0.2, 0.25) is 0 Å². The highest BCUT2D eigenvalue weighted by Crippen LogP contribution is 2.17. The van der Waals surface area contributed by atoms with Crippen LogP contribution in [0.15, 0.2) is 41.9 Å². The van der Waals surface area contributed by atoms with E-state index < -0.39 is 0 Å². The van der Waals surface area contributed by atoms with E-state index in [-0.39, 0.29) is 12.5 Å². The van der Waals surface area contributed by atoms with Crippen molar-refractivity contribution in [2.75, 3.05) is 40.8 Å². The number of aliphatic imine (C=N–C) groups is 1. The Morgan fingerprint density at radius 1 is 1.35 bits per heavy atom. The van der Waals surface area contributed by atoms with Gasteiger partial charge in [-0.3, -0.25) is 4.79 Å². The first-order chi connectivity index (χ1) is 11.1. The van der Waals surface area contributed by atoms with Crippen LogP contribution in [0.4, 0.5) is 0 Å². The van der Waals surface area contributed by atoms with Gasteiger partial charge in [0.2, 0.25) is 5.91 Å². The highest BCUT2D eigenvalue weighted by Gasteiger charge is 2.05. The van der Waals surface area contributed by atoms with Crippen LogP contribution in [-0.2, 0) is 11.2 Å². The number of nitrogens with one attached hydrogen (secondary N) is 2. The number of carbonyl (C=O) groups excluding carboxylic acids is 1. The van der Waals surface area contributed by atoms with Gasteiger partial charge in [-0.15, -0.1) is 6.58 Å². The standard InChI is InChI=1S/C17H26N4O2/c1-5-11-18-17(20-13-16(22)21(2)3)19-12-10-14-8-6-7-9-15(14)23-4/h5-9H,1,10-13H2,2-4H3,(H2,18,19,20). The van der Waals surface area contributed by atoms with Crippen LogP contribution in [0.5, 0.6) is 5.75 Å². The summed E-state index contributed by atoms with van der Waals surface area (Å²) in [6, 6.07) is 7.90. The Bertz CT molecular complexity index is 541. The molecular formula is C17H26N4O2. The van der Waals surface area contributed by atoms with Gasteiger partial charge in [0.15, 0.2) is 5.96 Å². The molecule has 6 nitrogen and oxygen atoms in total. The van der Waals surface area contributed by atoms with Crippen LogP contribution in [-0.4, -0.2) is 57.6 Å². The molecule has 1 aromatic carbocycles. The summed E-state index contributed by atoms with van der Waals surface area (Å²) in [6.07, 6.45) is 2.53. The summed E-state index contributed by atoms with van der Waals surface area (Å²) in [5.41, 5.74) is 1.12. The summed E-state index contributed by atoms with van der Waals surface area (Å²) in [5.74, 6) is 1.42. The van der Waals surface area contributed by atoms with E-state index in [9.17, 15) is 4.79 Å². The van der Waals surface area contributed by atoms with E-state index in [0.717, 1.165) is 17.7 Å². The van der Waals surface area contributed by atoms with Gasteiger partial charge in [-0.2, -0.15) is 0 Å². The van der Waals surface area contributed by atoms with Crippen LogP contribution >= 0.6 is 0 Å². The molecule has 0 aliphatic rings. The molecule has 1 rings (SSSR count). The van der Waals surface area contributed by atoms with Crippen LogP contribution < -0.4 is 15.4 Å². The lowest BCUT2D eigenvalue weighted by Gasteiger charge is -2.13. The summed E-state index contributed by atoms with van der Waals surface area (Å²) in [7, 11) is 5.09. The maximum absolute atomic E-state index is 11.6. The topological polar surface area (TPSA) is 66.0 Å². The van der Waals surface area contributed by atoms with Crippen molar-refractivity contribution >= 4 is 11.9 Å². The van der Waals surface area contributed by atoms with Gasteiger partial charge >= 0.3 is 0 Å². The molecule has 0 spiro atoms. The number of hydrogen-bond donors (Lipinski definition) is 2. The van der Waals surface area contributed by atoms with Gasteiger partial charge in [0.05, 0.1) is 7.11 Å².